The average Bonchev–Trinajstić information content (AvgIpc) is 3.47. The summed E-state index contributed by atoms with van der Waals surface area (Å²) < 4.78 is 19.0. The molecule has 7 nitrogen and oxygen atoms in total. The van der Waals surface area contributed by atoms with E-state index in [4.69, 9.17) is 4.74 Å². The lowest BCUT2D eigenvalue weighted by atomic mass is 10.2. The number of rotatable bonds is 6. The van der Waals surface area contributed by atoms with E-state index in [1.807, 2.05) is 37.4 Å². The van der Waals surface area contributed by atoms with Gasteiger partial charge in [0.1, 0.15) is 17.9 Å². The monoisotopic (exact) mass is 460 g/mol. The lowest BCUT2D eigenvalue weighted by Gasteiger charge is -2.21. The SMILES string of the molecule is Cc1nc(C)c(-c2csc(NC(=O)[C@@H]3C[C@@H](Oc4ccccc4)CN3C(=O)CF)n2)s1. The van der Waals surface area contributed by atoms with Crippen LogP contribution in [-0.4, -0.2) is 52.0 Å². The zero-order valence-electron chi connectivity index (χ0n) is 17.0. The van der Waals surface area contributed by atoms with Crippen LogP contribution in [-0.2, 0) is 9.59 Å². The number of anilines is 1. The molecule has 31 heavy (non-hydrogen) atoms. The normalized spacial score (nSPS) is 18.2. The summed E-state index contributed by atoms with van der Waals surface area (Å²) in [6.45, 7) is 2.84. The largest absolute Gasteiger partial charge is 0.488 e. The summed E-state index contributed by atoms with van der Waals surface area (Å²) in [5.74, 6) is -0.491. The maximum absolute atomic E-state index is 13.1. The van der Waals surface area contributed by atoms with E-state index in [2.05, 4.69) is 15.3 Å². The van der Waals surface area contributed by atoms with Crippen molar-refractivity contribution in [1.82, 2.24) is 14.9 Å². The molecule has 1 aliphatic heterocycles. The Morgan fingerprint density at radius 2 is 2.03 bits per heavy atom. The highest BCUT2D eigenvalue weighted by atomic mass is 32.1. The van der Waals surface area contributed by atoms with Gasteiger partial charge in [-0.3, -0.25) is 9.59 Å². The number of hydrogen-bond acceptors (Lipinski definition) is 7. The minimum absolute atomic E-state index is 0.151. The Morgan fingerprint density at radius 3 is 2.71 bits per heavy atom. The molecule has 3 heterocycles. The summed E-state index contributed by atoms with van der Waals surface area (Å²) in [4.78, 5) is 36.1. The first-order valence-corrected chi connectivity index (χ1v) is 11.4. The number of nitrogens with zero attached hydrogens (tertiary/aromatic N) is 3. The van der Waals surface area contributed by atoms with Crippen LogP contribution in [0.15, 0.2) is 35.7 Å². The number of ether oxygens (including phenoxy) is 1. The fourth-order valence-corrected chi connectivity index (χ4v) is 5.23. The molecule has 162 valence electrons. The maximum Gasteiger partial charge on any atom is 0.254 e. The second-order valence-electron chi connectivity index (χ2n) is 7.16. The number of thiazole rings is 2. The molecule has 0 unspecified atom stereocenters. The lowest BCUT2D eigenvalue weighted by molar-refractivity contribution is -0.137. The number of aromatic nitrogens is 2. The molecular weight excluding hydrogens is 439 g/mol. The Balaban J connectivity index is 1.47. The Bertz CT molecular complexity index is 1090. The third-order valence-electron chi connectivity index (χ3n) is 4.92. The van der Waals surface area contributed by atoms with Crippen LogP contribution in [0.3, 0.4) is 0 Å². The highest BCUT2D eigenvalue weighted by molar-refractivity contribution is 7.16. The predicted molar refractivity (Wildman–Crippen MR) is 118 cm³/mol. The van der Waals surface area contributed by atoms with E-state index < -0.39 is 30.6 Å². The molecule has 2 aromatic heterocycles. The van der Waals surface area contributed by atoms with Gasteiger partial charge >= 0.3 is 0 Å². The van der Waals surface area contributed by atoms with E-state index in [-0.39, 0.29) is 13.0 Å². The van der Waals surface area contributed by atoms with Crippen molar-refractivity contribution >= 4 is 39.6 Å². The van der Waals surface area contributed by atoms with Crippen LogP contribution in [0, 0.1) is 13.8 Å². The quantitative estimate of drug-likeness (QED) is 0.604. The third kappa shape index (κ3) is 4.75. The lowest BCUT2D eigenvalue weighted by Crippen LogP contribution is -2.44. The van der Waals surface area contributed by atoms with E-state index in [1.165, 1.54) is 16.2 Å². The van der Waals surface area contributed by atoms with Gasteiger partial charge in [0.25, 0.3) is 5.91 Å². The Kier molecular flexibility index (Phi) is 6.28. The van der Waals surface area contributed by atoms with Crippen LogP contribution < -0.4 is 10.1 Å². The van der Waals surface area contributed by atoms with E-state index in [0.29, 0.717) is 10.9 Å². The minimum Gasteiger partial charge on any atom is -0.488 e. The number of amides is 2. The zero-order chi connectivity index (χ0) is 22.0. The van der Waals surface area contributed by atoms with Gasteiger partial charge in [0.15, 0.2) is 11.8 Å². The second kappa shape index (κ2) is 9.11. The molecule has 0 spiro atoms. The molecule has 1 saturated heterocycles. The molecule has 1 aromatic carbocycles. The van der Waals surface area contributed by atoms with Crippen molar-refractivity contribution in [2.75, 3.05) is 18.5 Å². The average molecular weight is 461 g/mol. The van der Waals surface area contributed by atoms with Gasteiger partial charge in [-0.25, -0.2) is 14.4 Å². The van der Waals surface area contributed by atoms with Crippen LogP contribution in [0.2, 0.25) is 0 Å². The summed E-state index contributed by atoms with van der Waals surface area (Å²) in [6.07, 6.45) is -0.124. The van der Waals surface area contributed by atoms with Gasteiger partial charge < -0.3 is 15.0 Å². The molecule has 1 aliphatic rings. The van der Waals surface area contributed by atoms with Crippen molar-refractivity contribution in [2.45, 2.75) is 32.4 Å². The number of carbonyl (C=O) groups excluding carboxylic acids is 2. The summed E-state index contributed by atoms with van der Waals surface area (Å²) >= 11 is 2.84. The summed E-state index contributed by atoms with van der Waals surface area (Å²) in [5.41, 5.74) is 1.64. The highest BCUT2D eigenvalue weighted by Crippen LogP contribution is 2.32. The highest BCUT2D eigenvalue weighted by Gasteiger charge is 2.41. The minimum atomic E-state index is -1.16. The number of hydrogen-bond donors (Lipinski definition) is 1. The molecule has 2 amide bonds. The Labute approximate surface area is 186 Å². The number of alkyl halides is 1. The first-order valence-electron chi connectivity index (χ1n) is 9.72. The maximum atomic E-state index is 13.1. The van der Waals surface area contributed by atoms with Gasteiger partial charge in [0.2, 0.25) is 5.91 Å². The van der Waals surface area contributed by atoms with Crippen molar-refractivity contribution in [3.63, 3.8) is 0 Å². The van der Waals surface area contributed by atoms with Gasteiger partial charge in [0, 0.05) is 11.8 Å². The van der Waals surface area contributed by atoms with E-state index in [9.17, 15) is 14.0 Å². The first kappa shape index (κ1) is 21.4. The molecule has 0 aliphatic carbocycles. The molecule has 0 saturated carbocycles. The molecule has 1 fully saturated rings. The number of para-hydroxylation sites is 1. The molecule has 3 aromatic rings. The van der Waals surface area contributed by atoms with E-state index in [1.54, 1.807) is 23.5 Å². The smallest absolute Gasteiger partial charge is 0.254 e. The number of likely N-dealkylation sites (tertiary alicyclic amines) is 1. The number of halogens is 1. The van der Waals surface area contributed by atoms with Gasteiger partial charge in [-0.05, 0) is 26.0 Å². The van der Waals surface area contributed by atoms with Gasteiger partial charge in [-0.1, -0.05) is 18.2 Å². The van der Waals surface area contributed by atoms with Crippen LogP contribution in [0.25, 0.3) is 10.6 Å². The van der Waals surface area contributed by atoms with Crippen LogP contribution in [0.5, 0.6) is 5.75 Å². The van der Waals surface area contributed by atoms with Crippen molar-refractivity contribution in [3.05, 3.63) is 46.4 Å². The second-order valence-corrected chi connectivity index (χ2v) is 9.22. The van der Waals surface area contributed by atoms with Crippen molar-refractivity contribution in [3.8, 4) is 16.3 Å². The van der Waals surface area contributed by atoms with Gasteiger partial charge in [-0.15, -0.1) is 22.7 Å². The molecule has 1 N–H and O–H groups in total. The fraction of sp³-hybridized carbons (Fsp3) is 0.333. The van der Waals surface area contributed by atoms with Crippen molar-refractivity contribution < 1.29 is 18.7 Å². The molecule has 2 atom stereocenters. The van der Waals surface area contributed by atoms with Crippen molar-refractivity contribution in [1.29, 1.82) is 0 Å². The molecule has 4 rings (SSSR count). The van der Waals surface area contributed by atoms with Crippen molar-refractivity contribution in [2.24, 2.45) is 0 Å². The predicted octanol–water partition coefficient (Wildman–Crippen LogP) is 3.84. The molecule has 0 radical (unpaired) electrons. The number of carbonyl (C=O) groups is 2. The standard InChI is InChI=1S/C21H21FN4O3S2/c1-12-19(31-13(2)23-12)16-11-30-21(24-16)25-20(28)17-8-15(10-26(17)18(27)9-22)29-14-6-4-3-5-7-14/h3-7,11,15,17H,8-10H2,1-2H3,(H,24,25,28)/t15-,17+/m1/s1. The van der Waals surface area contributed by atoms with Gasteiger partial charge in [0.05, 0.1) is 27.8 Å². The van der Waals surface area contributed by atoms with Crippen LogP contribution >= 0.6 is 22.7 Å². The first-order chi connectivity index (χ1) is 14.9. The topological polar surface area (TPSA) is 84.4 Å². The third-order valence-corrected chi connectivity index (χ3v) is 6.77. The Morgan fingerprint density at radius 1 is 1.26 bits per heavy atom. The van der Waals surface area contributed by atoms with E-state index >= 15 is 0 Å². The summed E-state index contributed by atoms with van der Waals surface area (Å²) in [6, 6.07) is 8.32. The molecule has 0 bridgehead atoms. The Hall–Kier alpha value is -2.85. The molecular formula is C21H21FN4O3S2. The number of aryl methyl sites for hydroxylation is 2. The zero-order valence-corrected chi connectivity index (χ0v) is 18.6. The van der Waals surface area contributed by atoms with Crippen LogP contribution in [0.1, 0.15) is 17.1 Å². The van der Waals surface area contributed by atoms with E-state index in [0.717, 1.165) is 21.3 Å². The summed E-state index contributed by atoms with van der Waals surface area (Å²) in [5, 5.41) is 6.00. The molecule has 10 heteroatoms. The van der Waals surface area contributed by atoms with Gasteiger partial charge in [-0.2, -0.15) is 0 Å². The fourth-order valence-electron chi connectivity index (χ4n) is 3.57. The van der Waals surface area contributed by atoms with Crippen LogP contribution in [0.4, 0.5) is 9.52 Å². The number of nitrogens with one attached hydrogen (secondary N) is 1. The number of benzene rings is 1. The summed E-state index contributed by atoms with van der Waals surface area (Å²) in [7, 11) is 0.